The molecule has 0 unspecified atom stereocenters. The van der Waals surface area contributed by atoms with Crippen LogP contribution >= 0.6 is 0 Å². The molecule has 0 saturated carbocycles. The number of nitrogen functional groups attached to an aromatic ring is 1. The highest BCUT2D eigenvalue weighted by Gasteiger charge is 2.60. The number of aromatic nitrogens is 6. The second-order valence-electron chi connectivity index (χ2n) is 22.7. The van der Waals surface area contributed by atoms with Crippen molar-refractivity contribution in [2.24, 2.45) is 0 Å². The summed E-state index contributed by atoms with van der Waals surface area (Å²) in [5, 5.41) is 14.1. The van der Waals surface area contributed by atoms with Crippen LogP contribution in [0.5, 0.6) is 0 Å². The van der Waals surface area contributed by atoms with Gasteiger partial charge in [-0.3, -0.25) is 18.9 Å². The number of imidazole rings is 1. The van der Waals surface area contributed by atoms with Crippen LogP contribution in [0.25, 0.3) is 17.2 Å². The fourth-order valence-corrected chi connectivity index (χ4v) is 22.3. The van der Waals surface area contributed by atoms with Crippen molar-refractivity contribution in [2.75, 3.05) is 12.3 Å². The summed E-state index contributed by atoms with van der Waals surface area (Å²) >= 11 is 0. The monoisotopic (exact) mass is 1040 g/mol. The third-order valence-electron chi connectivity index (χ3n) is 15.1. The molecule has 4 fully saturated rings. The molecular formula is C53H73N7O11Si2. The summed E-state index contributed by atoms with van der Waals surface area (Å²) in [6, 6.07) is 21.9. The number of ether oxygens (including phenoxy) is 6. The molecule has 4 aliphatic rings. The van der Waals surface area contributed by atoms with Gasteiger partial charge >= 0.3 is 5.69 Å². The van der Waals surface area contributed by atoms with Gasteiger partial charge < -0.3 is 48.1 Å². The Morgan fingerprint density at radius 1 is 0.781 bits per heavy atom. The summed E-state index contributed by atoms with van der Waals surface area (Å²) in [4.78, 5) is 43.5. The van der Waals surface area contributed by atoms with Crippen LogP contribution in [-0.2, 0) is 43.9 Å². The molecule has 2 aromatic carbocycles. The van der Waals surface area contributed by atoms with Crippen LogP contribution in [0, 0.1) is 0 Å². The largest absolute Gasteiger partial charge is 0.413 e. The summed E-state index contributed by atoms with van der Waals surface area (Å²) in [6.07, 6.45) is -3.53. The normalized spacial score (nSPS) is 26.5. The Labute approximate surface area is 428 Å². The van der Waals surface area contributed by atoms with Gasteiger partial charge in [0.05, 0.1) is 18.9 Å². The van der Waals surface area contributed by atoms with E-state index in [4.69, 9.17) is 48.0 Å². The first kappa shape index (κ1) is 53.1. The lowest BCUT2D eigenvalue weighted by Crippen LogP contribution is -2.66. The second-order valence-corrected chi connectivity index (χ2v) is 32.4. The molecule has 0 spiro atoms. The lowest BCUT2D eigenvalue weighted by molar-refractivity contribution is -0.204. The fourth-order valence-electron chi connectivity index (χ4n) is 12.3. The Bertz CT molecular complexity index is 2860. The Hall–Kier alpha value is -4.72. The fraction of sp³-hybridized carbons (Fsp3) is 0.566. The van der Waals surface area contributed by atoms with Crippen molar-refractivity contribution in [1.29, 1.82) is 0 Å². The number of aliphatic hydroxyl groups is 1. The summed E-state index contributed by atoms with van der Waals surface area (Å²) in [7, 11) is -5.42. The van der Waals surface area contributed by atoms with Gasteiger partial charge in [0.2, 0.25) is 0 Å². The zero-order valence-electron chi connectivity index (χ0n) is 44.3. The highest BCUT2D eigenvalue weighted by atomic mass is 28.4. The number of nitrogens with zero attached hydrogens (tertiary/aromatic N) is 5. The number of nitrogens with one attached hydrogen (secondary N) is 1. The molecule has 4 aliphatic heterocycles. The van der Waals surface area contributed by atoms with Crippen LogP contribution in [0.1, 0.15) is 114 Å². The number of hydrogen-bond acceptors (Lipinski definition) is 15. The molecule has 9 rings (SSSR count). The van der Waals surface area contributed by atoms with Gasteiger partial charge in [-0.05, 0) is 65.8 Å². The highest BCUT2D eigenvalue weighted by molar-refractivity contribution is 6.99. The minimum absolute atomic E-state index is 0.0256. The third-order valence-corrected chi connectivity index (χ3v) is 26.2. The molecule has 9 atom stereocenters. The minimum Gasteiger partial charge on any atom is -0.413 e. The van der Waals surface area contributed by atoms with E-state index in [-0.39, 0.29) is 29.8 Å². The van der Waals surface area contributed by atoms with Gasteiger partial charge in [-0.25, -0.2) is 19.7 Å². The van der Waals surface area contributed by atoms with Crippen LogP contribution in [0.3, 0.4) is 0 Å². The molecule has 0 amide bonds. The topological polar surface area (TPSA) is 219 Å². The van der Waals surface area contributed by atoms with Gasteiger partial charge in [0, 0.05) is 6.07 Å². The molecule has 5 aromatic rings. The van der Waals surface area contributed by atoms with Crippen molar-refractivity contribution < 1.29 is 42.4 Å². The highest BCUT2D eigenvalue weighted by Crippen LogP contribution is 2.48. The van der Waals surface area contributed by atoms with Crippen LogP contribution in [-0.4, -0.2) is 112 Å². The maximum Gasteiger partial charge on any atom is 0.331 e. The Morgan fingerprint density at radius 3 is 1.90 bits per heavy atom. The van der Waals surface area contributed by atoms with Crippen molar-refractivity contribution in [3.63, 3.8) is 0 Å². The van der Waals surface area contributed by atoms with Crippen molar-refractivity contribution in [2.45, 2.75) is 185 Å². The van der Waals surface area contributed by atoms with Crippen molar-refractivity contribution in [3.8, 4) is 0 Å². The average molecular weight is 1040 g/mol. The number of anilines is 1. The number of hydrogen-bond donors (Lipinski definition) is 3. The number of rotatable bonds is 16. The zero-order chi connectivity index (χ0) is 52.6. The summed E-state index contributed by atoms with van der Waals surface area (Å²) in [6.45, 7) is 27.4. The molecule has 0 bridgehead atoms. The first-order valence-electron chi connectivity index (χ1n) is 25.5. The van der Waals surface area contributed by atoms with E-state index < -0.39 is 94.6 Å². The quantitative estimate of drug-likeness (QED) is 0.0907. The van der Waals surface area contributed by atoms with E-state index in [1.54, 1.807) is 13.8 Å². The van der Waals surface area contributed by atoms with Crippen LogP contribution in [0.4, 0.5) is 5.82 Å². The van der Waals surface area contributed by atoms with E-state index in [2.05, 4.69) is 102 Å². The van der Waals surface area contributed by atoms with Gasteiger partial charge in [0.15, 0.2) is 49.3 Å². The maximum atomic E-state index is 14.0. The molecule has 20 heteroatoms. The van der Waals surface area contributed by atoms with E-state index in [9.17, 15) is 14.7 Å². The number of H-pyrrole nitrogens is 1. The summed E-state index contributed by atoms with van der Waals surface area (Å²) < 4.78 is 57.2. The van der Waals surface area contributed by atoms with Gasteiger partial charge in [-0.15, -0.1) is 0 Å². The number of fused-ring (bicyclic) bond motifs is 3. The molecule has 394 valence electrons. The van der Waals surface area contributed by atoms with Crippen molar-refractivity contribution in [1.82, 2.24) is 29.1 Å². The van der Waals surface area contributed by atoms with Gasteiger partial charge in [-0.1, -0.05) is 129 Å². The van der Waals surface area contributed by atoms with E-state index in [0.29, 0.717) is 33.6 Å². The lowest BCUT2D eigenvalue weighted by Gasteiger charge is -2.43. The average Bonchev–Trinajstić information content (AvgIpc) is 4.10. The molecule has 4 saturated heterocycles. The van der Waals surface area contributed by atoms with E-state index in [1.807, 2.05) is 54.8 Å². The number of benzene rings is 2. The molecular weight excluding hydrogens is 967 g/mol. The first-order valence-corrected chi connectivity index (χ1v) is 29.5. The molecule has 7 heterocycles. The maximum absolute atomic E-state index is 14.0. The summed E-state index contributed by atoms with van der Waals surface area (Å²) in [5.74, 6) is -1.46. The van der Waals surface area contributed by atoms with E-state index in [1.165, 1.54) is 29.1 Å². The smallest absolute Gasteiger partial charge is 0.331 e. The van der Waals surface area contributed by atoms with Crippen molar-refractivity contribution in [3.05, 3.63) is 111 Å². The molecule has 18 nitrogen and oxygen atoms in total. The van der Waals surface area contributed by atoms with Crippen LogP contribution in [0.15, 0.2) is 88.7 Å². The predicted octanol–water partition coefficient (Wildman–Crippen LogP) is 6.44. The van der Waals surface area contributed by atoms with E-state index in [0.717, 1.165) is 10.4 Å². The van der Waals surface area contributed by atoms with Gasteiger partial charge in [-0.2, -0.15) is 0 Å². The number of aromatic amines is 1. The molecule has 4 N–H and O–H groups in total. The molecule has 0 aliphatic carbocycles. The Morgan fingerprint density at radius 2 is 1.33 bits per heavy atom. The Kier molecular flexibility index (Phi) is 14.4. The van der Waals surface area contributed by atoms with Crippen LogP contribution in [0.2, 0.25) is 21.7 Å². The van der Waals surface area contributed by atoms with Gasteiger partial charge in [0.1, 0.15) is 54.9 Å². The predicted molar refractivity (Wildman–Crippen MR) is 281 cm³/mol. The Balaban J connectivity index is 1.05. The zero-order valence-corrected chi connectivity index (χ0v) is 46.3. The van der Waals surface area contributed by atoms with E-state index >= 15 is 0 Å². The van der Waals surface area contributed by atoms with Crippen LogP contribution < -0.4 is 27.4 Å². The molecule has 3 aromatic heterocycles. The minimum atomic E-state index is -3.09. The number of nitrogens with two attached hydrogens (primary N) is 1. The summed E-state index contributed by atoms with van der Waals surface area (Å²) in [5.41, 5.74) is 7.02. The molecule has 0 radical (unpaired) electrons. The SMILES string of the molecule is CC(C)[Si](OC[C@H]1O[C@@H](n2c(/C=C\[C@@H](O)[C@H]3O[C@@H](n4c(CO[Si](c5ccccc5)(c5ccccc5)C(C)(C)C)nc5c(N)ncnc54)[C@@H]4OC(C)(C)O[C@@H]43)cc(=O)[nH]c2=O)[C@@H]2OC(C)(C)O[C@@H]21)(C(C)C)C(C)C. The van der Waals surface area contributed by atoms with Gasteiger partial charge in [0.25, 0.3) is 13.9 Å². The lowest BCUT2D eigenvalue weighted by atomic mass is 10.0. The first-order chi connectivity index (χ1) is 34.4. The van der Waals surface area contributed by atoms with Crippen molar-refractivity contribution >= 4 is 50.1 Å². The second kappa shape index (κ2) is 19.8. The third kappa shape index (κ3) is 9.55. The molecule has 73 heavy (non-hydrogen) atoms. The number of aliphatic hydroxyl groups excluding tert-OH is 1. The standard InChI is InChI=1S/C53H73N7O11Si2/c1-30(2)72(31(3)4,32(5)6)64-27-37-42-44(70-52(10,11)68-42)48(66-37)59-33(26-39(62)58-50(59)63)24-25-36(61)41-43-45(71-53(12,13)69-43)49(67-41)60-38(57-40-46(54)55-29-56-47(40)60)28-65-73(51(7,8)9,34-20-16-14-17-21-34)35-22-18-15-19-23-35/h14-26,29-32,36-37,41-45,48-49,61H,27-28H2,1-13H3,(H2,54,55,56)(H,58,62,63)/b25-24-/t36-,37-,41-,42-,43-,44-,45-,48-,49-/m1/s1.